The van der Waals surface area contributed by atoms with Crippen molar-refractivity contribution in [3.8, 4) is 0 Å². The van der Waals surface area contributed by atoms with Gasteiger partial charge < -0.3 is 4.74 Å². The third kappa shape index (κ3) is 2.24. The van der Waals surface area contributed by atoms with Crippen molar-refractivity contribution in [3.63, 3.8) is 0 Å². The molecule has 1 unspecified atom stereocenters. The minimum atomic E-state index is -1.03. The van der Waals surface area contributed by atoms with Crippen LogP contribution in [-0.2, 0) is 14.3 Å². The Morgan fingerprint density at radius 1 is 1.50 bits per heavy atom. The van der Waals surface area contributed by atoms with Crippen LogP contribution in [0.2, 0.25) is 0 Å². The zero-order valence-corrected chi connectivity index (χ0v) is 8.66. The average Bonchev–Trinajstić information content (AvgIpc) is 2.03. The van der Waals surface area contributed by atoms with Crippen LogP contribution in [0.3, 0.4) is 0 Å². The maximum atomic E-state index is 11.3. The fourth-order valence-corrected chi connectivity index (χ4v) is 1.15. The summed E-state index contributed by atoms with van der Waals surface area (Å²) < 4.78 is 3.75. The first-order valence-electron chi connectivity index (χ1n) is 3.72. The number of rotatable bonds is 4. The van der Waals surface area contributed by atoms with E-state index < -0.39 is 10.7 Å². The van der Waals surface area contributed by atoms with Crippen LogP contribution in [0, 0.1) is 0 Å². The lowest BCUT2D eigenvalue weighted by Crippen LogP contribution is -2.40. The van der Waals surface area contributed by atoms with Crippen LogP contribution in [-0.4, -0.2) is 29.4 Å². The van der Waals surface area contributed by atoms with Gasteiger partial charge in [-0.05, 0) is 27.0 Å². The van der Waals surface area contributed by atoms with Crippen LogP contribution in [0.5, 0.6) is 0 Å². The molecule has 0 aromatic carbocycles. The van der Waals surface area contributed by atoms with E-state index in [9.17, 15) is 9.59 Å². The van der Waals surface area contributed by atoms with Gasteiger partial charge in [-0.1, -0.05) is 0 Å². The number of esters is 1. The Hall–Kier alpha value is -0.510. The van der Waals surface area contributed by atoms with E-state index in [-0.39, 0.29) is 5.78 Å². The number of ether oxygens (including phenoxy) is 1. The third-order valence-electron chi connectivity index (χ3n) is 1.75. The topological polar surface area (TPSA) is 43.4 Å². The van der Waals surface area contributed by atoms with Gasteiger partial charge in [0.1, 0.15) is 0 Å². The lowest BCUT2D eigenvalue weighted by atomic mass is 10.1. The number of thioether (sulfide) groups is 1. The van der Waals surface area contributed by atoms with E-state index in [1.807, 2.05) is 0 Å². The molecule has 0 N–H and O–H groups in total. The average molecular weight is 190 g/mol. The zero-order valence-electron chi connectivity index (χ0n) is 7.84. The second kappa shape index (κ2) is 4.50. The maximum absolute atomic E-state index is 11.3. The van der Waals surface area contributed by atoms with Gasteiger partial charge in [0.2, 0.25) is 0 Å². The molecule has 0 aliphatic rings. The Bertz CT molecular complexity index is 191. The molecule has 0 fully saturated rings. The van der Waals surface area contributed by atoms with E-state index in [0.717, 1.165) is 0 Å². The van der Waals surface area contributed by atoms with Gasteiger partial charge in [-0.25, -0.2) is 0 Å². The summed E-state index contributed by atoms with van der Waals surface area (Å²) in [6.45, 7) is 5.01. The molecular weight excluding hydrogens is 176 g/mol. The Kier molecular flexibility index (Phi) is 4.31. The predicted octanol–water partition coefficient (Wildman–Crippen LogP) is 1.26. The minimum Gasteiger partial charge on any atom is -0.465 e. The van der Waals surface area contributed by atoms with Gasteiger partial charge in [0, 0.05) is 0 Å². The van der Waals surface area contributed by atoms with Crippen molar-refractivity contribution in [1.82, 2.24) is 0 Å². The fraction of sp³-hybridized carbons (Fsp3) is 0.750. The Morgan fingerprint density at radius 2 is 2.00 bits per heavy atom. The molecule has 0 radical (unpaired) electrons. The maximum Gasteiger partial charge on any atom is 0.329 e. The molecule has 0 aliphatic carbocycles. The van der Waals surface area contributed by atoms with Crippen LogP contribution in [0.25, 0.3) is 0 Å². The molecule has 0 spiro atoms. The summed E-state index contributed by atoms with van der Waals surface area (Å²) in [7, 11) is 0. The molecule has 0 aromatic rings. The molecule has 0 saturated heterocycles. The van der Waals surface area contributed by atoms with E-state index in [1.54, 1.807) is 20.1 Å². The molecule has 0 amide bonds. The predicted molar refractivity (Wildman–Crippen MR) is 49.2 cm³/mol. The minimum absolute atomic E-state index is 0.173. The first-order valence-corrected chi connectivity index (χ1v) is 4.95. The molecule has 0 saturated carbocycles. The summed E-state index contributed by atoms with van der Waals surface area (Å²) in [5.41, 5.74) is 0. The van der Waals surface area contributed by atoms with Crippen molar-refractivity contribution in [1.29, 1.82) is 0 Å². The summed E-state index contributed by atoms with van der Waals surface area (Å²) in [5, 5.41) is 0. The lowest BCUT2D eigenvalue weighted by Gasteiger charge is -2.21. The molecule has 4 heteroatoms. The van der Waals surface area contributed by atoms with Gasteiger partial charge in [0.05, 0.1) is 6.61 Å². The second-order valence-electron chi connectivity index (χ2n) is 2.51. The number of hydrogen-bond donors (Lipinski definition) is 0. The highest BCUT2D eigenvalue weighted by molar-refractivity contribution is 8.01. The molecule has 0 aliphatic heterocycles. The van der Waals surface area contributed by atoms with Crippen LogP contribution < -0.4 is 0 Å². The second-order valence-corrected chi connectivity index (χ2v) is 3.74. The highest BCUT2D eigenvalue weighted by Gasteiger charge is 2.38. The van der Waals surface area contributed by atoms with E-state index in [1.165, 1.54) is 18.7 Å². The standard InChI is InChI=1S/C8H14O3S/c1-5-11-7(10)8(3,12-4)6(2)9/h5H2,1-4H3. The van der Waals surface area contributed by atoms with Crippen molar-refractivity contribution in [3.05, 3.63) is 0 Å². The van der Waals surface area contributed by atoms with Gasteiger partial charge in [0.15, 0.2) is 10.5 Å². The van der Waals surface area contributed by atoms with Crippen molar-refractivity contribution >= 4 is 23.5 Å². The number of hydrogen-bond acceptors (Lipinski definition) is 4. The smallest absolute Gasteiger partial charge is 0.329 e. The van der Waals surface area contributed by atoms with Crippen LogP contribution in [0.4, 0.5) is 0 Å². The summed E-state index contributed by atoms with van der Waals surface area (Å²) >= 11 is 1.20. The normalized spacial score (nSPS) is 15.0. The monoisotopic (exact) mass is 190 g/mol. The van der Waals surface area contributed by atoms with Gasteiger partial charge in [-0.15, -0.1) is 11.8 Å². The SMILES string of the molecule is CCOC(=O)C(C)(SC)C(C)=O. The highest BCUT2D eigenvalue weighted by Crippen LogP contribution is 2.24. The van der Waals surface area contributed by atoms with E-state index in [0.29, 0.717) is 6.61 Å². The van der Waals surface area contributed by atoms with Crippen LogP contribution >= 0.6 is 11.8 Å². The molecule has 0 aromatic heterocycles. The fourth-order valence-electron chi connectivity index (χ4n) is 0.640. The molecule has 0 bridgehead atoms. The number of Topliss-reactive ketones (excluding diaryl/α,β-unsaturated/α-hetero) is 1. The van der Waals surface area contributed by atoms with Crippen molar-refractivity contribution in [2.75, 3.05) is 12.9 Å². The molecule has 70 valence electrons. The van der Waals surface area contributed by atoms with Crippen LogP contribution in [0.1, 0.15) is 20.8 Å². The Morgan fingerprint density at radius 3 is 2.25 bits per heavy atom. The first-order chi connectivity index (χ1) is 5.49. The lowest BCUT2D eigenvalue weighted by molar-refractivity contribution is -0.148. The number of carbonyl (C=O) groups excluding carboxylic acids is 2. The van der Waals surface area contributed by atoms with Gasteiger partial charge in [-0.3, -0.25) is 9.59 Å². The number of ketones is 1. The molecule has 0 heterocycles. The summed E-state index contributed by atoms with van der Waals surface area (Å²) in [4.78, 5) is 22.4. The van der Waals surface area contributed by atoms with E-state index in [2.05, 4.69) is 0 Å². The molecule has 0 rings (SSSR count). The third-order valence-corrected chi connectivity index (χ3v) is 3.02. The molecule has 12 heavy (non-hydrogen) atoms. The largest absolute Gasteiger partial charge is 0.465 e. The van der Waals surface area contributed by atoms with Gasteiger partial charge in [-0.2, -0.15) is 0 Å². The van der Waals surface area contributed by atoms with Crippen molar-refractivity contribution < 1.29 is 14.3 Å². The molecule has 3 nitrogen and oxygen atoms in total. The van der Waals surface area contributed by atoms with E-state index >= 15 is 0 Å². The highest BCUT2D eigenvalue weighted by atomic mass is 32.2. The van der Waals surface area contributed by atoms with Gasteiger partial charge >= 0.3 is 5.97 Å². The Labute approximate surface area is 76.9 Å². The van der Waals surface area contributed by atoms with Crippen molar-refractivity contribution in [2.24, 2.45) is 0 Å². The molecule has 1 atom stereocenters. The van der Waals surface area contributed by atoms with Gasteiger partial charge in [0.25, 0.3) is 0 Å². The summed E-state index contributed by atoms with van der Waals surface area (Å²) in [6, 6.07) is 0. The number of carbonyl (C=O) groups is 2. The first kappa shape index (κ1) is 11.5. The molecular formula is C8H14O3S. The van der Waals surface area contributed by atoms with E-state index in [4.69, 9.17) is 4.74 Å². The Balaban J connectivity index is 4.52. The van der Waals surface area contributed by atoms with Crippen LogP contribution in [0.15, 0.2) is 0 Å². The summed E-state index contributed by atoms with van der Waals surface area (Å²) in [6.07, 6.45) is 1.72. The van der Waals surface area contributed by atoms with Crippen molar-refractivity contribution in [2.45, 2.75) is 25.5 Å². The zero-order chi connectivity index (χ0) is 9.78. The quantitative estimate of drug-likeness (QED) is 0.494. The summed E-state index contributed by atoms with van der Waals surface area (Å²) in [5.74, 6) is -0.626.